The Hall–Kier alpha value is -7.12. The number of phenolic OH excluding ortho intramolecular Hbond substituents is 1. The topological polar surface area (TPSA) is 81.4 Å². The monoisotopic (exact) mass is 1130 g/mol. The van der Waals surface area contributed by atoms with E-state index in [4.69, 9.17) is 19.4 Å². The zero-order chi connectivity index (χ0) is 48.7. The standard InChI is InChI=1S/C62H56N5O2Si.Pt/c1-61(2,3)44-34-42(33-43(35-44)50-36-41(31-32-63-50)39-19-12-10-13-20-39)46-24-18-26-52-56(46)65-59(67(52)51-28-27-45(70(7,8)9)37-48(51)40-21-14-11-15-22-40)55-53(68)29-30-54-58(55)66-38-64-57(60(66)69-54)47-23-16-17-25-49(47)62(4,5)6;/h10-32,34-38,68H,1-9H3;/q-1;. The quantitative estimate of drug-likeness (QED) is 0.121. The van der Waals surface area contributed by atoms with Crippen LogP contribution in [0.5, 0.6) is 5.75 Å². The minimum Gasteiger partial charge on any atom is -0.507 e. The molecule has 0 aliphatic heterocycles. The number of fused-ring (bicyclic) bond motifs is 4. The number of rotatable bonds is 8. The van der Waals surface area contributed by atoms with Crippen LogP contribution >= 0.6 is 0 Å². The molecule has 0 atom stereocenters. The summed E-state index contributed by atoms with van der Waals surface area (Å²) in [6, 6.07) is 58.7. The van der Waals surface area contributed by atoms with Crippen LogP contribution in [0.1, 0.15) is 52.7 Å². The van der Waals surface area contributed by atoms with Crippen LogP contribution in [0.25, 0.3) is 101 Å². The van der Waals surface area contributed by atoms with Crippen LogP contribution in [0.2, 0.25) is 19.6 Å². The molecule has 0 fully saturated rings. The van der Waals surface area contributed by atoms with Crippen LogP contribution in [-0.4, -0.2) is 37.1 Å². The number of aromatic hydroxyl groups is 1. The zero-order valence-corrected chi connectivity index (χ0v) is 44.8. The number of pyridine rings is 1. The summed E-state index contributed by atoms with van der Waals surface area (Å²) in [7, 11) is -1.77. The molecule has 0 amide bonds. The van der Waals surface area contributed by atoms with Gasteiger partial charge in [0, 0.05) is 44.1 Å². The molecule has 11 aromatic rings. The van der Waals surface area contributed by atoms with Crippen LogP contribution in [0.3, 0.4) is 0 Å². The number of oxazole rings is 1. The Morgan fingerprint density at radius 3 is 2.03 bits per heavy atom. The molecule has 0 saturated carbocycles. The van der Waals surface area contributed by atoms with E-state index in [0.717, 1.165) is 78.2 Å². The summed E-state index contributed by atoms with van der Waals surface area (Å²) in [5, 5.41) is 13.7. The molecule has 0 bridgehead atoms. The fraction of sp³-hybridized carbons (Fsp3) is 0.177. The third kappa shape index (κ3) is 8.57. The van der Waals surface area contributed by atoms with Crippen LogP contribution in [-0.2, 0) is 31.9 Å². The summed E-state index contributed by atoms with van der Waals surface area (Å²) in [5.41, 5.74) is 16.7. The van der Waals surface area contributed by atoms with Gasteiger partial charge in [0.05, 0.1) is 30.4 Å². The summed E-state index contributed by atoms with van der Waals surface area (Å²) < 4.78 is 11.0. The summed E-state index contributed by atoms with van der Waals surface area (Å²) in [6.45, 7) is 20.5. The molecule has 11 rings (SSSR count). The molecule has 7 nitrogen and oxygen atoms in total. The van der Waals surface area contributed by atoms with Gasteiger partial charge >= 0.3 is 0 Å². The Bertz CT molecular complexity index is 3790. The molecule has 7 aromatic carbocycles. The van der Waals surface area contributed by atoms with Gasteiger partial charge in [0.15, 0.2) is 11.4 Å². The number of hydrogen-bond donors (Lipinski definition) is 1. The van der Waals surface area contributed by atoms with Gasteiger partial charge in [-0.05, 0) is 63.4 Å². The fourth-order valence-electron chi connectivity index (χ4n) is 9.78. The molecule has 0 aliphatic carbocycles. The maximum Gasteiger partial charge on any atom is 0.232 e. The molecule has 0 saturated heterocycles. The van der Waals surface area contributed by atoms with E-state index in [-0.39, 0.29) is 37.6 Å². The van der Waals surface area contributed by atoms with Crippen molar-refractivity contribution in [1.82, 2.24) is 23.9 Å². The van der Waals surface area contributed by atoms with Crippen molar-refractivity contribution in [3.63, 3.8) is 0 Å². The van der Waals surface area contributed by atoms with Crippen molar-refractivity contribution >= 4 is 41.1 Å². The van der Waals surface area contributed by atoms with Gasteiger partial charge in [-0.3, -0.25) is 14.0 Å². The van der Waals surface area contributed by atoms with Crippen molar-refractivity contribution in [2.75, 3.05) is 0 Å². The first-order valence-electron chi connectivity index (χ1n) is 24.1. The van der Waals surface area contributed by atoms with Crippen LogP contribution in [0.15, 0.2) is 175 Å². The molecule has 4 aromatic heterocycles. The molecule has 4 heterocycles. The van der Waals surface area contributed by atoms with Crippen molar-refractivity contribution < 1.29 is 30.6 Å². The summed E-state index contributed by atoms with van der Waals surface area (Å²) in [5.74, 6) is 0.646. The molecular weight excluding hydrogens is 1070 g/mol. The average molecular weight is 1130 g/mol. The number of aromatic nitrogens is 5. The number of imidazole rings is 2. The third-order valence-corrected chi connectivity index (χ3v) is 15.6. The fourth-order valence-corrected chi connectivity index (χ4v) is 10.9. The van der Waals surface area contributed by atoms with Crippen molar-refractivity contribution in [2.24, 2.45) is 0 Å². The first kappa shape index (κ1) is 47.5. The molecule has 0 unspecified atom stereocenters. The van der Waals surface area contributed by atoms with Crippen LogP contribution in [0, 0.1) is 6.07 Å². The Morgan fingerprint density at radius 1 is 0.620 bits per heavy atom. The van der Waals surface area contributed by atoms with E-state index in [9.17, 15) is 5.11 Å². The number of hydrogen-bond acceptors (Lipinski definition) is 5. The number of nitrogens with zero attached hydrogens (tertiary/aromatic N) is 5. The van der Waals surface area contributed by atoms with Gasteiger partial charge in [0.1, 0.15) is 23.3 Å². The first-order valence-corrected chi connectivity index (χ1v) is 27.6. The molecule has 356 valence electrons. The maximum atomic E-state index is 12.4. The van der Waals surface area contributed by atoms with Crippen molar-refractivity contribution in [1.29, 1.82) is 0 Å². The van der Waals surface area contributed by atoms with Crippen LogP contribution < -0.4 is 5.19 Å². The molecule has 0 aliphatic rings. The summed E-state index contributed by atoms with van der Waals surface area (Å²) >= 11 is 0. The van der Waals surface area contributed by atoms with Crippen molar-refractivity contribution in [3.8, 4) is 78.7 Å². The summed E-state index contributed by atoms with van der Waals surface area (Å²) in [6.07, 6.45) is 3.69. The molecule has 0 spiro atoms. The minimum atomic E-state index is -1.77. The maximum absolute atomic E-state index is 12.4. The van der Waals surface area contributed by atoms with Gasteiger partial charge in [-0.15, -0.1) is 29.3 Å². The number of phenols is 1. The van der Waals surface area contributed by atoms with Gasteiger partial charge in [0.2, 0.25) is 5.71 Å². The van der Waals surface area contributed by atoms with E-state index in [1.54, 1.807) is 6.07 Å². The van der Waals surface area contributed by atoms with E-state index in [1.165, 1.54) is 10.8 Å². The van der Waals surface area contributed by atoms with Gasteiger partial charge in [0.25, 0.3) is 0 Å². The van der Waals surface area contributed by atoms with Gasteiger partial charge in [-0.25, -0.2) is 9.97 Å². The van der Waals surface area contributed by atoms with Crippen molar-refractivity contribution in [2.45, 2.75) is 72.0 Å². The van der Waals surface area contributed by atoms with E-state index >= 15 is 0 Å². The number of benzene rings is 7. The molecule has 1 N–H and O–H groups in total. The molecular formula is C62H56N5O2PtSi-. The second kappa shape index (κ2) is 17.9. The van der Waals surface area contributed by atoms with Crippen molar-refractivity contribution in [3.05, 3.63) is 187 Å². The van der Waals surface area contributed by atoms with Gasteiger partial charge in [-0.2, -0.15) is 0 Å². The van der Waals surface area contributed by atoms with E-state index < -0.39 is 8.07 Å². The largest absolute Gasteiger partial charge is 0.507 e. The second-order valence-corrected chi connectivity index (χ2v) is 26.6. The Kier molecular flexibility index (Phi) is 12.0. The van der Waals surface area contributed by atoms with E-state index in [1.807, 2.05) is 35.1 Å². The zero-order valence-electron chi connectivity index (χ0n) is 41.6. The predicted molar refractivity (Wildman–Crippen MR) is 291 cm³/mol. The normalized spacial score (nSPS) is 12.2. The summed E-state index contributed by atoms with van der Waals surface area (Å²) in [4.78, 5) is 15.6. The predicted octanol–water partition coefficient (Wildman–Crippen LogP) is 15.5. The smallest absolute Gasteiger partial charge is 0.232 e. The van der Waals surface area contributed by atoms with E-state index in [2.05, 4.69) is 205 Å². The first-order chi connectivity index (χ1) is 33.5. The van der Waals surface area contributed by atoms with Crippen LogP contribution in [0.4, 0.5) is 0 Å². The van der Waals surface area contributed by atoms with Gasteiger partial charge < -0.3 is 9.52 Å². The van der Waals surface area contributed by atoms with E-state index in [0.29, 0.717) is 28.2 Å². The van der Waals surface area contributed by atoms with Gasteiger partial charge in [-0.1, -0.05) is 193 Å². The second-order valence-electron chi connectivity index (χ2n) is 21.5. The molecule has 0 radical (unpaired) electrons. The average Bonchev–Trinajstić information content (AvgIpc) is 4.06. The molecule has 71 heavy (non-hydrogen) atoms. The Labute approximate surface area is 431 Å². The third-order valence-electron chi connectivity index (χ3n) is 13.5. The molecule has 9 heteroatoms. The Balaban J connectivity index is 0.00000582. The number of para-hydroxylation sites is 1. The SMILES string of the molecule is CC(C)(C)c1cc(-c2cc(-c3ccccc3)ccn2)[c-]c(-c2cccc3c2nc(-c2c(O)ccc4oc5c(-c6ccccc6C(C)(C)C)ncn5c24)n3-c2ccc([Si](C)(C)C)cc2-c2ccccc2)c1.[Pt]. The Morgan fingerprint density at radius 2 is 1.31 bits per heavy atom. The minimum absolute atomic E-state index is 0.